The molecule has 0 amide bonds. The first kappa shape index (κ1) is 7.84. The van der Waals surface area contributed by atoms with Crippen molar-refractivity contribution in [2.45, 2.75) is 50.1 Å². The summed E-state index contributed by atoms with van der Waals surface area (Å²) < 4.78 is 11.2. The van der Waals surface area contributed by atoms with Crippen LogP contribution in [0.5, 0.6) is 0 Å². The maximum absolute atomic E-state index is 5.90. The molecule has 3 unspecified atom stereocenters. The Bertz CT molecular complexity index is 161. The van der Waals surface area contributed by atoms with E-state index >= 15 is 0 Å². The van der Waals surface area contributed by atoms with Gasteiger partial charge in [-0.3, -0.25) is 0 Å². The third kappa shape index (κ3) is 1.28. The van der Waals surface area contributed by atoms with Gasteiger partial charge in [-0.15, -0.1) is 11.6 Å². The summed E-state index contributed by atoms with van der Waals surface area (Å²) >= 11 is 5.90. The highest BCUT2D eigenvalue weighted by molar-refractivity contribution is 6.23. The van der Waals surface area contributed by atoms with E-state index in [-0.39, 0.29) is 5.38 Å². The summed E-state index contributed by atoms with van der Waals surface area (Å²) in [5, 5.41) is 0.0766. The van der Waals surface area contributed by atoms with Gasteiger partial charge in [-0.05, 0) is 20.3 Å². The average molecular weight is 177 g/mol. The molecule has 1 aliphatic carbocycles. The fourth-order valence-electron chi connectivity index (χ4n) is 1.71. The lowest BCUT2D eigenvalue weighted by Gasteiger charge is -2.33. The molecule has 0 radical (unpaired) electrons. The van der Waals surface area contributed by atoms with Gasteiger partial charge in [-0.1, -0.05) is 0 Å². The topological polar surface area (TPSA) is 18.5 Å². The van der Waals surface area contributed by atoms with Gasteiger partial charge >= 0.3 is 0 Å². The molecule has 0 aromatic carbocycles. The van der Waals surface area contributed by atoms with Crippen LogP contribution in [0.15, 0.2) is 0 Å². The fourth-order valence-corrected chi connectivity index (χ4v) is 2.03. The summed E-state index contributed by atoms with van der Waals surface area (Å²) in [6.07, 6.45) is 2.42. The van der Waals surface area contributed by atoms with Crippen molar-refractivity contribution in [1.29, 1.82) is 0 Å². The second-order valence-electron chi connectivity index (χ2n) is 3.58. The zero-order chi connectivity index (χ0) is 8.06. The smallest absolute Gasteiger partial charge is 0.187 e. The Labute approximate surface area is 71.8 Å². The molecule has 2 aliphatic rings. The van der Waals surface area contributed by atoms with Crippen LogP contribution >= 0.6 is 11.6 Å². The van der Waals surface area contributed by atoms with Crippen LogP contribution in [0, 0.1) is 0 Å². The van der Waals surface area contributed by atoms with Crippen LogP contribution in [0.2, 0.25) is 0 Å². The maximum Gasteiger partial charge on any atom is 0.187 e. The van der Waals surface area contributed by atoms with Gasteiger partial charge < -0.3 is 9.47 Å². The van der Waals surface area contributed by atoms with Gasteiger partial charge in [0, 0.05) is 6.42 Å². The second kappa shape index (κ2) is 2.35. The zero-order valence-corrected chi connectivity index (χ0v) is 7.60. The molecule has 1 spiro atoms. The molecule has 1 saturated heterocycles. The predicted molar refractivity (Wildman–Crippen MR) is 42.7 cm³/mol. The normalized spacial score (nSPS) is 56.5. The molecule has 1 saturated carbocycles. The Morgan fingerprint density at radius 2 is 1.73 bits per heavy atom. The minimum atomic E-state index is -0.404. The summed E-state index contributed by atoms with van der Waals surface area (Å²) in [5.74, 6) is -0.404. The first-order valence-corrected chi connectivity index (χ1v) is 4.56. The van der Waals surface area contributed by atoms with Crippen molar-refractivity contribution < 1.29 is 9.47 Å². The third-order valence-electron chi connectivity index (χ3n) is 2.25. The number of halogens is 1. The van der Waals surface area contributed by atoms with E-state index in [1.54, 1.807) is 0 Å². The summed E-state index contributed by atoms with van der Waals surface area (Å²) in [6, 6.07) is 0. The number of hydrogen-bond donors (Lipinski definition) is 0. The minimum absolute atomic E-state index is 0.0766. The Morgan fingerprint density at radius 3 is 2.09 bits per heavy atom. The first-order valence-electron chi connectivity index (χ1n) is 4.12. The monoisotopic (exact) mass is 176 g/mol. The lowest BCUT2D eigenvalue weighted by atomic mass is 10.2. The Balaban J connectivity index is 2.03. The van der Waals surface area contributed by atoms with E-state index in [2.05, 4.69) is 13.8 Å². The highest BCUT2D eigenvalue weighted by Crippen LogP contribution is 2.49. The van der Waals surface area contributed by atoms with Crippen LogP contribution in [0.25, 0.3) is 0 Å². The molecule has 0 aromatic heterocycles. The summed E-state index contributed by atoms with van der Waals surface area (Å²) in [7, 11) is 0. The zero-order valence-electron chi connectivity index (χ0n) is 6.84. The van der Waals surface area contributed by atoms with Crippen LogP contribution in [-0.2, 0) is 9.47 Å². The van der Waals surface area contributed by atoms with Crippen LogP contribution in [0.4, 0.5) is 0 Å². The van der Waals surface area contributed by atoms with E-state index < -0.39 is 5.79 Å². The molecule has 0 N–H and O–H groups in total. The molecule has 64 valence electrons. The summed E-state index contributed by atoms with van der Waals surface area (Å²) in [5.41, 5.74) is 0. The van der Waals surface area contributed by atoms with Gasteiger partial charge in [0.1, 0.15) is 0 Å². The standard InChI is InChI=1S/C8H13ClO2/c1-5-3-6(2)11-8(10-5)4-7(8)9/h5-7H,3-4H2,1-2H3. The van der Waals surface area contributed by atoms with Crippen molar-refractivity contribution in [2.75, 3.05) is 0 Å². The van der Waals surface area contributed by atoms with Crippen LogP contribution in [-0.4, -0.2) is 23.4 Å². The van der Waals surface area contributed by atoms with Gasteiger partial charge in [0.15, 0.2) is 5.79 Å². The molecule has 1 aliphatic heterocycles. The van der Waals surface area contributed by atoms with Crippen LogP contribution in [0.1, 0.15) is 26.7 Å². The molecule has 3 heteroatoms. The Hall–Kier alpha value is 0.210. The second-order valence-corrected chi connectivity index (χ2v) is 4.10. The van der Waals surface area contributed by atoms with Crippen LogP contribution < -0.4 is 0 Å². The lowest BCUT2D eigenvalue weighted by Crippen LogP contribution is -2.38. The van der Waals surface area contributed by atoms with Crippen molar-refractivity contribution in [3.63, 3.8) is 0 Å². The lowest BCUT2D eigenvalue weighted by molar-refractivity contribution is -0.254. The summed E-state index contributed by atoms with van der Waals surface area (Å²) in [6.45, 7) is 4.14. The molecular weight excluding hydrogens is 164 g/mol. The molecule has 2 fully saturated rings. The van der Waals surface area contributed by atoms with Gasteiger partial charge in [0.2, 0.25) is 0 Å². The van der Waals surface area contributed by atoms with Crippen molar-refractivity contribution in [2.24, 2.45) is 0 Å². The molecule has 3 atom stereocenters. The molecule has 2 nitrogen and oxygen atoms in total. The fraction of sp³-hybridized carbons (Fsp3) is 1.00. The van der Waals surface area contributed by atoms with E-state index in [0.29, 0.717) is 12.2 Å². The Morgan fingerprint density at radius 1 is 1.27 bits per heavy atom. The number of hydrogen-bond acceptors (Lipinski definition) is 2. The van der Waals surface area contributed by atoms with Crippen LogP contribution in [0.3, 0.4) is 0 Å². The van der Waals surface area contributed by atoms with E-state index in [4.69, 9.17) is 21.1 Å². The van der Waals surface area contributed by atoms with Crippen molar-refractivity contribution >= 4 is 11.6 Å². The van der Waals surface area contributed by atoms with Crippen molar-refractivity contribution in [3.8, 4) is 0 Å². The molecule has 1 heterocycles. The summed E-state index contributed by atoms with van der Waals surface area (Å²) in [4.78, 5) is 0. The number of alkyl halides is 1. The van der Waals surface area contributed by atoms with E-state index in [1.165, 1.54) is 0 Å². The quantitative estimate of drug-likeness (QED) is 0.525. The predicted octanol–water partition coefficient (Wildman–Crippen LogP) is 1.91. The van der Waals surface area contributed by atoms with E-state index in [9.17, 15) is 0 Å². The highest BCUT2D eigenvalue weighted by atomic mass is 35.5. The van der Waals surface area contributed by atoms with Gasteiger partial charge in [-0.25, -0.2) is 0 Å². The Kier molecular flexibility index (Phi) is 1.67. The molecule has 11 heavy (non-hydrogen) atoms. The molecule has 2 rings (SSSR count). The largest absolute Gasteiger partial charge is 0.345 e. The molecule has 0 aromatic rings. The first-order chi connectivity index (χ1) is 5.12. The van der Waals surface area contributed by atoms with Gasteiger partial charge in [-0.2, -0.15) is 0 Å². The molecule has 0 bridgehead atoms. The van der Waals surface area contributed by atoms with E-state index in [0.717, 1.165) is 12.8 Å². The number of rotatable bonds is 0. The number of ether oxygens (including phenoxy) is 2. The van der Waals surface area contributed by atoms with Crippen molar-refractivity contribution in [3.05, 3.63) is 0 Å². The molecular formula is C8H13ClO2. The van der Waals surface area contributed by atoms with E-state index in [1.807, 2.05) is 0 Å². The minimum Gasteiger partial charge on any atom is -0.345 e. The van der Waals surface area contributed by atoms with Crippen molar-refractivity contribution in [1.82, 2.24) is 0 Å². The maximum atomic E-state index is 5.90. The van der Waals surface area contributed by atoms with Gasteiger partial charge in [0.05, 0.1) is 17.6 Å². The average Bonchev–Trinajstić information content (AvgIpc) is 2.37. The highest BCUT2D eigenvalue weighted by Gasteiger charge is 2.60. The van der Waals surface area contributed by atoms with Gasteiger partial charge in [0.25, 0.3) is 0 Å². The third-order valence-corrected chi connectivity index (χ3v) is 2.73. The SMILES string of the molecule is CC1CC(C)OC2(CC2Cl)O1.